The largest absolute Gasteiger partial charge is 0.358 e. The summed E-state index contributed by atoms with van der Waals surface area (Å²) in [5.41, 5.74) is 1.52. The second-order valence-electron chi connectivity index (χ2n) is 4.49. The third-order valence-electron chi connectivity index (χ3n) is 3.54. The van der Waals surface area contributed by atoms with Crippen LogP contribution in [0.5, 0.6) is 0 Å². The lowest BCUT2D eigenvalue weighted by atomic mass is 9.79. The SMILES string of the molecule is O=CNCC1(c2ccc(Br)cc2)CCCC1. The Bertz CT molecular complexity index is 355. The fourth-order valence-electron chi connectivity index (χ4n) is 2.66. The Hall–Kier alpha value is -0.830. The third-order valence-corrected chi connectivity index (χ3v) is 4.07. The minimum atomic E-state index is 0.168. The van der Waals surface area contributed by atoms with Crippen LogP contribution in [-0.4, -0.2) is 13.0 Å². The van der Waals surface area contributed by atoms with Gasteiger partial charge in [-0.3, -0.25) is 4.79 Å². The Morgan fingerprint density at radius 2 is 1.88 bits per heavy atom. The monoisotopic (exact) mass is 281 g/mol. The van der Waals surface area contributed by atoms with Crippen LogP contribution in [-0.2, 0) is 10.2 Å². The molecule has 1 fully saturated rings. The van der Waals surface area contributed by atoms with Gasteiger partial charge in [0.05, 0.1) is 0 Å². The Labute approximate surface area is 105 Å². The molecule has 0 aliphatic heterocycles. The molecular weight excluding hydrogens is 266 g/mol. The second kappa shape index (κ2) is 5.00. The minimum absolute atomic E-state index is 0.168. The third kappa shape index (κ3) is 2.29. The van der Waals surface area contributed by atoms with Crippen LogP contribution in [0.3, 0.4) is 0 Å². The van der Waals surface area contributed by atoms with Crippen molar-refractivity contribution in [1.82, 2.24) is 5.32 Å². The van der Waals surface area contributed by atoms with Gasteiger partial charge in [-0.25, -0.2) is 0 Å². The first-order valence-corrected chi connectivity index (χ1v) is 6.49. The van der Waals surface area contributed by atoms with Gasteiger partial charge in [-0.15, -0.1) is 0 Å². The molecule has 0 spiro atoms. The molecule has 0 atom stereocenters. The molecule has 0 unspecified atom stereocenters. The molecule has 0 radical (unpaired) electrons. The fraction of sp³-hybridized carbons (Fsp3) is 0.462. The van der Waals surface area contributed by atoms with Crippen LogP contribution in [0.15, 0.2) is 28.7 Å². The van der Waals surface area contributed by atoms with Gasteiger partial charge < -0.3 is 5.32 Å². The van der Waals surface area contributed by atoms with E-state index in [0.29, 0.717) is 0 Å². The van der Waals surface area contributed by atoms with E-state index in [1.165, 1.54) is 31.2 Å². The van der Waals surface area contributed by atoms with E-state index < -0.39 is 0 Å². The van der Waals surface area contributed by atoms with Crippen LogP contribution in [0.2, 0.25) is 0 Å². The molecule has 2 nitrogen and oxygen atoms in total. The molecule has 2 rings (SSSR count). The van der Waals surface area contributed by atoms with E-state index in [4.69, 9.17) is 0 Å². The molecule has 0 aromatic heterocycles. The van der Waals surface area contributed by atoms with Crippen molar-refractivity contribution in [3.05, 3.63) is 34.3 Å². The van der Waals surface area contributed by atoms with Gasteiger partial charge in [-0.05, 0) is 30.5 Å². The average Bonchev–Trinajstić information content (AvgIpc) is 2.77. The van der Waals surface area contributed by atoms with Gasteiger partial charge in [-0.2, -0.15) is 0 Å². The maximum Gasteiger partial charge on any atom is 0.207 e. The summed E-state index contributed by atoms with van der Waals surface area (Å²) < 4.78 is 1.10. The molecule has 1 amide bonds. The summed E-state index contributed by atoms with van der Waals surface area (Å²) in [5, 5.41) is 2.85. The van der Waals surface area contributed by atoms with Crippen LogP contribution >= 0.6 is 15.9 Å². The Balaban J connectivity index is 2.24. The topological polar surface area (TPSA) is 29.1 Å². The molecule has 1 saturated carbocycles. The van der Waals surface area contributed by atoms with Crippen LogP contribution < -0.4 is 5.32 Å². The number of carbonyl (C=O) groups is 1. The Morgan fingerprint density at radius 1 is 1.25 bits per heavy atom. The van der Waals surface area contributed by atoms with Crippen molar-refractivity contribution in [2.24, 2.45) is 0 Å². The summed E-state index contributed by atoms with van der Waals surface area (Å²) >= 11 is 3.45. The highest BCUT2D eigenvalue weighted by molar-refractivity contribution is 9.10. The van der Waals surface area contributed by atoms with Gasteiger partial charge in [0.15, 0.2) is 0 Å². The van der Waals surface area contributed by atoms with Crippen molar-refractivity contribution in [3.63, 3.8) is 0 Å². The van der Waals surface area contributed by atoms with Crippen molar-refractivity contribution < 1.29 is 4.79 Å². The second-order valence-corrected chi connectivity index (χ2v) is 5.41. The average molecular weight is 282 g/mol. The summed E-state index contributed by atoms with van der Waals surface area (Å²) in [4.78, 5) is 10.5. The van der Waals surface area contributed by atoms with Gasteiger partial charge in [0.25, 0.3) is 0 Å². The lowest BCUT2D eigenvalue weighted by molar-refractivity contribution is -0.109. The lowest BCUT2D eigenvalue weighted by Gasteiger charge is -2.29. The predicted octanol–water partition coefficient (Wildman–Crippen LogP) is 3.01. The minimum Gasteiger partial charge on any atom is -0.358 e. The first-order chi connectivity index (χ1) is 7.77. The van der Waals surface area contributed by atoms with Crippen LogP contribution in [0.25, 0.3) is 0 Å². The molecule has 1 N–H and O–H groups in total. The molecule has 86 valence electrons. The number of nitrogens with one attached hydrogen (secondary N) is 1. The number of rotatable bonds is 4. The Kier molecular flexibility index (Phi) is 3.64. The standard InChI is InChI=1S/C13H16BrNO/c14-12-5-3-11(4-6-12)13(9-15-10-16)7-1-2-8-13/h3-6,10H,1-2,7-9H2,(H,15,16). The summed E-state index contributed by atoms with van der Waals surface area (Å²) in [5.74, 6) is 0. The molecule has 1 aliphatic rings. The van der Waals surface area contributed by atoms with Gasteiger partial charge >= 0.3 is 0 Å². The molecule has 0 heterocycles. The smallest absolute Gasteiger partial charge is 0.207 e. The zero-order chi connectivity index (χ0) is 11.4. The number of carbonyl (C=O) groups excluding carboxylic acids is 1. The van der Waals surface area contributed by atoms with Crippen LogP contribution in [0.4, 0.5) is 0 Å². The van der Waals surface area contributed by atoms with Gasteiger partial charge in [0.2, 0.25) is 6.41 Å². The fourth-order valence-corrected chi connectivity index (χ4v) is 2.92. The normalized spacial score (nSPS) is 18.3. The van der Waals surface area contributed by atoms with Gasteiger partial charge in [-0.1, -0.05) is 40.9 Å². The predicted molar refractivity (Wildman–Crippen MR) is 68.4 cm³/mol. The maximum atomic E-state index is 10.5. The van der Waals surface area contributed by atoms with E-state index >= 15 is 0 Å². The number of halogens is 1. The number of benzene rings is 1. The molecular formula is C13H16BrNO. The first kappa shape index (κ1) is 11.6. The molecule has 3 heteroatoms. The van der Waals surface area contributed by atoms with E-state index in [-0.39, 0.29) is 5.41 Å². The molecule has 0 saturated heterocycles. The number of hydrogen-bond acceptors (Lipinski definition) is 1. The Morgan fingerprint density at radius 3 is 2.44 bits per heavy atom. The number of hydrogen-bond donors (Lipinski definition) is 1. The van der Waals surface area contributed by atoms with E-state index in [1.807, 2.05) is 0 Å². The zero-order valence-electron chi connectivity index (χ0n) is 9.21. The summed E-state index contributed by atoms with van der Waals surface area (Å²) in [6.45, 7) is 0.762. The van der Waals surface area contributed by atoms with Crippen molar-refractivity contribution in [1.29, 1.82) is 0 Å². The highest BCUT2D eigenvalue weighted by Gasteiger charge is 2.35. The first-order valence-electron chi connectivity index (χ1n) is 5.70. The van der Waals surface area contributed by atoms with E-state index in [9.17, 15) is 4.79 Å². The quantitative estimate of drug-likeness (QED) is 0.845. The summed E-state index contributed by atoms with van der Waals surface area (Å²) in [6.07, 6.45) is 5.68. The van der Waals surface area contributed by atoms with Crippen molar-refractivity contribution in [3.8, 4) is 0 Å². The van der Waals surface area contributed by atoms with Crippen molar-refractivity contribution >= 4 is 22.3 Å². The molecule has 16 heavy (non-hydrogen) atoms. The molecule has 1 aliphatic carbocycles. The van der Waals surface area contributed by atoms with Gasteiger partial charge in [0.1, 0.15) is 0 Å². The summed E-state index contributed by atoms with van der Waals surface area (Å²) in [6, 6.07) is 8.50. The highest BCUT2D eigenvalue weighted by Crippen LogP contribution is 2.40. The van der Waals surface area contributed by atoms with E-state index in [2.05, 4.69) is 45.5 Å². The summed E-state index contributed by atoms with van der Waals surface area (Å²) in [7, 11) is 0. The van der Waals surface area contributed by atoms with Crippen LogP contribution in [0.1, 0.15) is 31.2 Å². The van der Waals surface area contributed by atoms with Crippen molar-refractivity contribution in [2.45, 2.75) is 31.1 Å². The molecule has 1 aromatic carbocycles. The lowest BCUT2D eigenvalue weighted by Crippen LogP contribution is -2.35. The van der Waals surface area contributed by atoms with Crippen molar-refractivity contribution in [2.75, 3.05) is 6.54 Å². The van der Waals surface area contributed by atoms with Crippen LogP contribution in [0, 0.1) is 0 Å². The molecule has 0 bridgehead atoms. The van der Waals surface area contributed by atoms with E-state index in [1.54, 1.807) is 0 Å². The molecule has 1 aromatic rings. The number of amides is 1. The van der Waals surface area contributed by atoms with Gasteiger partial charge in [0, 0.05) is 16.4 Å². The maximum absolute atomic E-state index is 10.5. The zero-order valence-corrected chi connectivity index (χ0v) is 10.8. The van der Waals surface area contributed by atoms with E-state index in [0.717, 1.165) is 17.4 Å². The highest BCUT2D eigenvalue weighted by atomic mass is 79.9.